The quantitative estimate of drug-likeness (QED) is 0.270. The average molecular weight is 537 g/mol. The van der Waals surface area contributed by atoms with Crippen molar-refractivity contribution in [2.45, 2.75) is 12.5 Å². The number of hydrogen-bond donors (Lipinski definition) is 3. The minimum Gasteiger partial charge on any atom is -0.494 e. The molecule has 3 aromatic carbocycles. The molecule has 202 valence electrons. The number of nitrogens with one attached hydrogen (secondary N) is 1. The van der Waals surface area contributed by atoms with Crippen LogP contribution < -0.4 is 5.32 Å². The first kappa shape index (κ1) is 25.5. The van der Waals surface area contributed by atoms with E-state index >= 15 is 0 Å². The minimum absolute atomic E-state index is 0.0163. The molecule has 0 radical (unpaired) electrons. The fourth-order valence-electron chi connectivity index (χ4n) is 5.24. The topological polar surface area (TPSA) is 118 Å². The van der Waals surface area contributed by atoms with Crippen LogP contribution in [0.3, 0.4) is 0 Å². The van der Waals surface area contributed by atoms with E-state index < -0.39 is 5.97 Å². The number of hydrogen-bond acceptors (Lipinski definition) is 6. The Hall–Kier alpha value is -4.73. The van der Waals surface area contributed by atoms with Gasteiger partial charge in [-0.1, -0.05) is 36.4 Å². The zero-order valence-corrected chi connectivity index (χ0v) is 21.9. The second kappa shape index (κ2) is 10.4. The van der Waals surface area contributed by atoms with Crippen molar-refractivity contribution in [2.75, 3.05) is 19.7 Å². The van der Waals surface area contributed by atoms with Gasteiger partial charge in [-0.3, -0.25) is 9.36 Å². The Morgan fingerprint density at radius 1 is 1.02 bits per heavy atom. The average Bonchev–Trinajstić information content (AvgIpc) is 3.50. The van der Waals surface area contributed by atoms with E-state index in [2.05, 4.69) is 5.32 Å². The van der Waals surface area contributed by atoms with Crippen molar-refractivity contribution in [3.05, 3.63) is 95.7 Å². The summed E-state index contributed by atoms with van der Waals surface area (Å²) in [7, 11) is 1.69. The van der Waals surface area contributed by atoms with Crippen molar-refractivity contribution >= 4 is 45.1 Å². The molecule has 1 unspecified atom stereocenters. The normalized spacial score (nSPS) is 16.0. The molecular weight excluding hydrogens is 508 g/mol. The molecule has 40 heavy (non-hydrogen) atoms. The van der Waals surface area contributed by atoms with E-state index in [1.54, 1.807) is 34.5 Å². The number of carboxylic acid groups (broad SMARTS) is 1. The van der Waals surface area contributed by atoms with Gasteiger partial charge in [-0.05, 0) is 36.4 Å². The maximum Gasteiger partial charge on any atom is 0.335 e. The first-order valence-electron chi connectivity index (χ1n) is 13.1. The van der Waals surface area contributed by atoms with E-state index in [0.717, 1.165) is 23.0 Å². The number of aromatic nitrogens is 2. The SMILES string of the molecule is Cn1c(O)c(C(=Nc2ccc3c(ccn3C(=O)CC3CNCCO3)c2)c2ccccc2)c2ccc(C(=O)O)cc21. The summed E-state index contributed by atoms with van der Waals surface area (Å²) in [6.07, 6.45) is 1.92. The van der Waals surface area contributed by atoms with Crippen LogP contribution in [0.25, 0.3) is 21.8 Å². The number of rotatable bonds is 6. The van der Waals surface area contributed by atoms with E-state index in [-0.39, 0.29) is 23.5 Å². The number of nitrogens with zero attached hydrogens (tertiary/aromatic N) is 3. The largest absolute Gasteiger partial charge is 0.494 e. The first-order chi connectivity index (χ1) is 19.4. The van der Waals surface area contributed by atoms with E-state index in [1.165, 1.54) is 6.07 Å². The number of fused-ring (bicyclic) bond motifs is 2. The molecule has 1 aliphatic rings. The molecule has 0 bridgehead atoms. The molecule has 0 spiro atoms. The highest BCUT2D eigenvalue weighted by Gasteiger charge is 2.23. The van der Waals surface area contributed by atoms with Crippen LogP contribution in [-0.4, -0.2) is 62.7 Å². The summed E-state index contributed by atoms with van der Waals surface area (Å²) in [6.45, 7) is 2.05. The highest BCUT2D eigenvalue weighted by atomic mass is 16.5. The number of carbonyl (C=O) groups is 2. The van der Waals surface area contributed by atoms with E-state index in [0.29, 0.717) is 47.4 Å². The standard InChI is InChI=1S/C31H28N4O5/c1-34-26-16-21(31(38)39)7-9-24(26)28(30(34)37)29(19-5-3-2-4-6-19)33-22-8-10-25-20(15-22)11-13-35(25)27(36)17-23-18-32-12-14-40-23/h2-11,13,15-16,23,32,37H,12,14,17-18H2,1H3,(H,38,39). The van der Waals surface area contributed by atoms with Gasteiger partial charge in [-0.15, -0.1) is 0 Å². The summed E-state index contributed by atoms with van der Waals surface area (Å²) >= 11 is 0. The number of aromatic carboxylic acids is 1. The molecule has 1 saturated heterocycles. The first-order valence-corrected chi connectivity index (χ1v) is 13.1. The van der Waals surface area contributed by atoms with Crippen LogP contribution in [0.1, 0.15) is 32.7 Å². The molecule has 0 amide bonds. The molecule has 0 aliphatic carbocycles. The molecule has 3 heterocycles. The Bertz CT molecular complexity index is 1780. The Kier molecular flexibility index (Phi) is 6.67. The summed E-state index contributed by atoms with van der Waals surface area (Å²) in [5.74, 6) is -1.09. The number of morpholine rings is 1. The van der Waals surface area contributed by atoms with E-state index in [4.69, 9.17) is 9.73 Å². The zero-order chi connectivity index (χ0) is 27.8. The molecule has 9 heteroatoms. The third-order valence-electron chi connectivity index (χ3n) is 7.29. The van der Waals surface area contributed by atoms with Crippen LogP contribution in [0, 0.1) is 0 Å². The molecule has 6 rings (SSSR count). The van der Waals surface area contributed by atoms with Crippen molar-refractivity contribution in [2.24, 2.45) is 12.0 Å². The lowest BCUT2D eigenvalue weighted by atomic mass is 10.00. The highest BCUT2D eigenvalue weighted by Crippen LogP contribution is 2.35. The smallest absolute Gasteiger partial charge is 0.335 e. The maximum atomic E-state index is 13.0. The molecule has 9 nitrogen and oxygen atoms in total. The Morgan fingerprint density at radius 2 is 1.85 bits per heavy atom. The molecule has 1 aliphatic heterocycles. The summed E-state index contributed by atoms with van der Waals surface area (Å²) in [4.78, 5) is 29.6. The Labute approximate surface area is 229 Å². The monoisotopic (exact) mass is 536 g/mol. The number of aryl methyl sites for hydroxylation is 1. The maximum absolute atomic E-state index is 13.0. The molecule has 2 aromatic heterocycles. The number of carbonyl (C=O) groups excluding carboxylic acids is 1. The predicted octanol–water partition coefficient (Wildman–Crippen LogP) is 4.72. The molecule has 5 aromatic rings. The van der Waals surface area contributed by atoms with Crippen LogP contribution in [0.15, 0.2) is 84.0 Å². The summed E-state index contributed by atoms with van der Waals surface area (Å²) in [6, 6.07) is 21.8. The lowest BCUT2D eigenvalue weighted by molar-refractivity contribution is 0.0218. The lowest BCUT2D eigenvalue weighted by Gasteiger charge is -2.23. The van der Waals surface area contributed by atoms with Crippen LogP contribution >= 0.6 is 0 Å². The summed E-state index contributed by atoms with van der Waals surface area (Å²) in [5.41, 5.74) is 3.99. The molecule has 1 atom stereocenters. The zero-order valence-electron chi connectivity index (χ0n) is 21.9. The van der Waals surface area contributed by atoms with E-state index in [9.17, 15) is 19.8 Å². The number of aliphatic imine (C=N–C) groups is 1. The molecule has 1 fully saturated rings. The van der Waals surface area contributed by atoms with Gasteiger partial charge >= 0.3 is 5.97 Å². The highest BCUT2D eigenvalue weighted by molar-refractivity contribution is 6.22. The van der Waals surface area contributed by atoms with Crippen molar-refractivity contribution < 1.29 is 24.5 Å². The third kappa shape index (κ3) is 4.66. The number of carboxylic acids is 1. The lowest BCUT2D eigenvalue weighted by Crippen LogP contribution is -2.40. The van der Waals surface area contributed by atoms with Gasteiger partial charge in [0.25, 0.3) is 0 Å². The number of aromatic hydroxyl groups is 1. The Balaban J connectivity index is 1.43. The van der Waals surface area contributed by atoms with Gasteiger partial charge in [0, 0.05) is 42.7 Å². The van der Waals surface area contributed by atoms with Gasteiger partial charge in [0.2, 0.25) is 11.8 Å². The molecule has 0 saturated carbocycles. The van der Waals surface area contributed by atoms with Crippen LogP contribution in [-0.2, 0) is 11.8 Å². The fraction of sp³-hybridized carbons (Fsp3) is 0.194. The fourth-order valence-corrected chi connectivity index (χ4v) is 5.24. The summed E-state index contributed by atoms with van der Waals surface area (Å²) < 4.78 is 8.91. The van der Waals surface area contributed by atoms with Crippen molar-refractivity contribution in [1.29, 1.82) is 0 Å². The minimum atomic E-state index is -1.04. The van der Waals surface area contributed by atoms with Gasteiger partial charge in [0.1, 0.15) is 0 Å². The van der Waals surface area contributed by atoms with Crippen molar-refractivity contribution in [3.8, 4) is 5.88 Å². The molecular formula is C31H28N4O5. The Morgan fingerprint density at radius 3 is 2.60 bits per heavy atom. The molecule has 3 N–H and O–H groups in total. The second-order valence-electron chi connectivity index (χ2n) is 9.84. The van der Waals surface area contributed by atoms with E-state index in [1.807, 2.05) is 54.6 Å². The number of ether oxygens (including phenoxy) is 1. The number of benzene rings is 3. The van der Waals surface area contributed by atoms with Gasteiger partial charge in [-0.25, -0.2) is 9.79 Å². The van der Waals surface area contributed by atoms with Crippen molar-refractivity contribution in [1.82, 2.24) is 14.5 Å². The predicted molar refractivity (Wildman–Crippen MR) is 153 cm³/mol. The van der Waals surface area contributed by atoms with Gasteiger partial charge in [0.05, 0.1) is 52.7 Å². The summed E-state index contributed by atoms with van der Waals surface area (Å²) in [5, 5.41) is 25.5. The van der Waals surface area contributed by atoms with Crippen LogP contribution in [0.2, 0.25) is 0 Å². The van der Waals surface area contributed by atoms with Crippen LogP contribution in [0.5, 0.6) is 5.88 Å². The third-order valence-corrected chi connectivity index (χ3v) is 7.29. The van der Waals surface area contributed by atoms with Crippen LogP contribution in [0.4, 0.5) is 5.69 Å². The van der Waals surface area contributed by atoms with Crippen molar-refractivity contribution in [3.63, 3.8) is 0 Å². The van der Waals surface area contributed by atoms with Gasteiger partial charge < -0.3 is 24.8 Å². The van der Waals surface area contributed by atoms with Gasteiger partial charge in [0.15, 0.2) is 0 Å². The van der Waals surface area contributed by atoms with Gasteiger partial charge in [-0.2, -0.15) is 0 Å². The second-order valence-corrected chi connectivity index (χ2v) is 9.84.